The molecule has 2 N–H and O–H groups in total. The summed E-state index contributed by atoms with van der Waals surface area (Å²) in [4.78, 5) is 25.0. The van der Waals surface area contributed by atoms with E-state index in [1.54, 1.807) is 0 Å². The molecule has 0 aromatic heterocycles. The van der Waals surface area contributed by atoms with E-state index in [0.29, 0.717) is 11.8 Å². The third-order valence-electron chi connectivity index (χ3n) is 5.34. The lowest BCUT2D eigenvalue weighted by molar-refractivity contribution is -0.130. The number of amides is 2. The van der Waals surface area contributed by atoms with E-state index in [4.69, 9.17) is 0 Å². The molecule has 0 saturated heterocycles. The summed E-state index contributed by atoms with van der Waals surface area (Å²) in [5.41, 5.74) is 9.55. The molecule has 4 heteroatoms. The second-order valence-corrected chi connectivity index (χ2v) is 9.10. The molecule has 0 saturated carbocycles. The average Bonchev–Trinajstić information content (AvgIpc) is 2.71. The van der Waals surface area contributed by atoms with Gasteiger partial charge in [-0.25, -0.2) is 0 Å². The fourth-order valence-corrected chi connectivity index (χ4v) is 3.47. The van der Waals surface area contributed by atoms with Crippen LogP contribution in [0.15, 0.2) is 48.5 Å². The second-order valence-electron chi connectivity index (χ2n) is 9.10. The van der Waals surface area contributed by atoms with E-state index >= 15 is 0 Å². The van der Waals surface area contributed by atoms with Gasteiger partial charge in [0.15, 0.2) is 0 Å². The largest absolute Gasteiger partial charge is 0.273 e. The van der Waals surface area contributed by atoms with Crippen LogP contribution < -0.4 is 10.9 Å². The lowest BCUT2D eigenvalue weighted by atomic mass is 9.96. The van der Waals surface area contributed by atoms with Gasteiger partial charge in [-0.15, -0.1) is 0 Å². The smallest absolute Gasteiger partial charge is 0.245 e. The minimum Gasteiger partial charge on any atom is -0.273 e. The molecule has 2 amide bonds. The van der Waals surface area contributed by atoms with Gasteiger partial charge in [-0.05, 0) is 60.8 Å². The maximum atomic E-state index is 12.5. The molecule has 30 heavy (non-hydrogen) atoms. The zero-order valence-corrected chi connectivity index (χ0v) is 19.2. The summed E-state index contributed by atoms with van der Waals surface area (Å²) >= 11 is 0. The van der Waals surface area contributed by atoms with Crippen molar-refractivity contribution in [2.24, 2.45) is 11.8 Å². The minimum atomic E-state index is -0.343. The highest BCUT2D eigenvalue weighted by Gasteiger charge is 2.19. The van der Waals surface area contributed by atoms with E-state index in [1.165, 1.54) is 11.1 Å². The third-order valence-corrected chi connectivity index (χ3v) is 5.34. The molecule has 4 nitrogen and oxygen atoms in total. The summed E-state index contributed by atoms with van der Waals surface area (Å²) in [6.07, 6.45) is 2.04. The molecule has 0 spiro atoms. The van der Waals surface area contributed by atoms with Crippen LogP contribution in [0.2, 0.25) is 0 Å². The summed E-state index contributed by atoms with van der Waals surface area (Å²) in [5, 5.41) is 0. The predicted octanol–water partition coefficient (Wildman–Crippen LogP) is 5.14. The maximum absolute atomic E-state index is 12.5. The first-order chi connectivity index (χ1) is 14.2. The lowest BCUT2D eigenvalue weighted by Gasteiger charge is -2.17. The quantitative estimate of drug-likeness (QED) is 0.594. The molecular weight excluding hydrogens is 372 g/mol. The SMILES string of the molecule is CC(C)Cc1ccc(C(C)C(=O)NNC(=O)C(C)c2ccc(CC(C)C)cc2)cc1. The van der Waals surface area contributed by atoms with Crippen LogP contribution in [0.1, 0.15) is 75.6 Å². The van der Waals surface area contributed by atoms with E-state index in [0.717, 1.165) is 24.0 Å². The number of benzene rings is 2. The molecule has 2 unspecified atom stereocenters. The third kappa shape index (κ3) is 7.01. The maximum Gasteiger partial charge on any atom is 0.245 e. The van der Waals surface area contributed by atoms with Gasteiger partial charge in [0, 0.05) is 0 Å². The molecule has 0 aliphatic carbocycles. The van der Waals surface area contributed by atoms with Crippen LogP contribution in [-0.4, -0.2) is 11.8 Å². The zero-order chi connectivity index (χ0) is 22.3. The lowest BCUT2D eigenvalue weighted by Crippen LogP contribution is -2.45. The fraction of sp³-hybridized carbons (Fsp3) is 0.462. The van der Waals surface area contributed by atoms with Gasteiger partial charge in [0.2, 0.25) is 11.8 Å². The topological polar surface area (TPSA) is 58.2 Å². The van der Waals surface area contributed by atoms with Crippen LogP contribution in [0, 0.1) is 11.8 Å². The molecule has 0 aliphatic heterocycles. The van der Waals surface area contributed by atoms with Crippen molar-refractivity contribution in [2.75, 3.05) is 0 Å². The number of nitrogens with one attached hydrogen (secondary N) is 2. The molecule has 2 aromatic carbocycles. The average molecular weight is 409 g/mol. The van der Waals surface area contributed by atoms with Gasteiger partial charge in [-0.2, -0.15) is 0 Å². The van der Waals surface area contributed by atoms with Gasteiger partial charge in [0.1, 0.15) is 0 Å². The van der Waals surface area contributed by atoms with Crippen LogP contribution in [0.5, 0.6) is 0 Å². The van der Waals surface area contributed by atoms with Crippen LogP contribution >= 0.6 is 0 Å². The Morgan fingerprint density at radius 1 is 0.600 bits per heavy atom. The summed E-state index contributed by atoms with van der Waals surface area (Å²) in [7, 11) is 0. The molecule has 0 fully saturated rings. The zero-order valence-electron chi connectivity index (χ0n) is 19.2. The van der Waals surface area contributed by atoms with Crippen molar-refractivity contribution in [3.05, 3.63) is 70.8 Å². The molecule has 2 atom stereocenters. The number of carbonyl (C=O) groups is 2. The summed E-state index contributed by atoms with van der Waals surface area (Å²) < 4.78 is 0. The highest BCUT2D eigenvalue weighted by atomic mass is 16.2. The Morgan fingerprint density at radius 2 is 0.900 bits per heavy atom. The fourth-order valence-electron chi connectivity index (χ4n) is 3.47. The molecule has 0 bridgehead atoms. The van der Waals surface area contributed by atoms with Crippen LogP contribution in [0.25, 0.3) is 0 Å². The van der Waals surface area contributed by atoms with Crippen LogP contribution in [-0.2, 0) is 22.4 Å². The van der Waals surface area contributed by atoms with E-state index in [2.05, 4.69) is 62.8 Å². The Morgan fingerprint density at radius 3 is 1.17 bits per heavy atom. The monoisotopic (exact) mass is 408 g/mol. The minimum absolute atomic E-state index is 0.223. The molecular formula is C26H36N2O2. The van der Waals surface area contributed by atoms with Gasteiger partial charge in [0.05, 0.1) is 11.8 Å². The summed E-state index contributed by atoms with van der Waals surface area (Å²) in [6, 6.07) is 16.3. The summed E-state index contributed by atoms with van der Waals surface area (Å²) in [5.74, 6) is 0.0623. The second kappa shape index (κ2) is 11.0. The van der Waals surface area contributed by atoms with Gasteiger partial charge in [-0.3, -0.25) is 20.4 Å². The number of rotatable bonds is 8. The Balaban J connectivity index is 1.89. The van der Waals surface area contributed by atoms with Crippen molar-refractivity contribution in [1.29, 1.82) is 0 Å². The highest BCUT2D eigenvalue weighted by molar-refractivity contribution is 5.88. The van der Waals surface area contributed by atoms with Crippen molar-refractivity contribution < 1.29 is 9.59 Å². The van der Waals surface area contributed by atoms with Gasteiger partial charge in [-0.1, -0.05) is 76.2 Å². The highest BCUT2D eigenvalue weighted by Crippen LogP contribution is 2.19. The standard InChI is InChI=1S/C26H36N2O2/c1-17(2)15-21-7-11-23(12-8-21)19(5)25(29)27-28-26(30)20(6)24-13-9-22(10-14-24)16-18(3)4/h7-14,17-20H,15-16H2,1-6H3,(H,27,29)(H,28,30). The molecule has 0 radical (unpaired) electrons. The Hall–Kier alpha value is -2.62. The van der Waals surface area contributed by atoms with Crippen molar-refractivity contribution in [1.82, 2.24) is 10.9 Å². The van der Waals surface area contributed by atoms with E-state index in [1.807, 2.05) is 38.1 Å². The van der Waals surface area contributed by atoms with E-state index in [9.17, 15) is 9.59 Å². The molecule has 0 heterocycles. The normalized spacial score (nSPS) is 13.2. The van der Waals surface area contributed by atoms with Gasteiger partial charge < -0.3 is 0 Å². The van der Waals surface area contributed by atoms with Gasteiger partial charge in [0.25, 0.3) is 0 Å². The van der Waals surface area contributed by atoms with E-state index < -0.39 is 0 Å². The molecule has 0 aliphatic rings. The first-order valence-electron chi connectivity index (χ1n) is 10.9. The van der Waals surface area contributed by atoms with Crippen molar-refractivity contribution in [2.45, 2.75) is 66.2 Å². The van der Waals surface area contributed by atoms with Crippen LogP contribution in [0.4, 0.5) is 0 Å². The first kappa shape index (κ1) is 23.7. The first-order valence-corrected chi connectivity index (χ1v) is 10.9. The van der Waals surface area contributed by atoms with E-state index in [-0.39, 0.29) is 23.7 Å². The number of hydrogen-bond acceptors (Lipinski definition) is 2. The Kier molecular flexibility index (Phi) is 8.64. The van der Waals surface area contributed by atoms with Crippen molar-refractivity contribution in [3.63, 3.8) is 0 Å². The predicted molar refractivity (Wildman–Crippen MR) is 123 cm³/mol. The number of hydrazine groups is 1. The molecule has 162 valence electrons. The Labute approximate surface area is 181 Å². The molecule has 2 aromatic rings. The Bertz CT molecular complexity index is 752. The number of hydrogen-bond donors (Lipinski definition) is 2. The van der Waals surface area contributed by atoms with Gasteiger partial charge >= 0.3 is 0 Å². The molecule has 2 rings (SSSR count). The van der Waals surface area contributed by atoms with Crippen molar-refractivity contribution >= 4 is 11.8 Å². The van der Waals surface area contributed by atoms with Crippen LogP contribution in [0.3, 0.4) is 0 Å². The summed E-state index contributed by atoms with van der Waals surface area (Å²) in [6.45, 7) is 12.4. The number of carbonyl (C=O) groups excluding carboxylic acids is 2. The van der Waals surface area contributed by atoms with Crippen molar-refractivity contribution in [3.8, 4) is 0 Å².